The first-order valence-electron chi connectivity index (χ1n) is 8.67. The van der Waals surface area contributed by atoms with Gasteiger partial charge in [-0.2, -0.15) is 4.31 Å². The van der Waals surface area contributed by atoms with Crippen LogP contribution in [-0.2, 0) is 14.8 Å². The zero-order valence-electron chi connectivity index (χ0n) is 15.6. The van der Waals surface area contributed by atoms with Crippen molar-refractivity contribution in [1.29, 1.82) is 0 Å². The van der Waals surface area contributed by atoms with Gasteiger partial charge in [-0.3, -0.25) is 0 Å². The molecule has 152 valence electrons. The van der Waals surface area contributed by atoms with Crippen LogP contribution < -0.4 is 14.2 Å². The van der Waals surface area contributed by atoms with Crippen LogP contribution in [0.25, 0.3) is 0 Å². The number of nitrogens with zero attached hydrogens (tertiary/aromatic N) is 1. The molecule has 0 saturated carbocycles. The topological polar surface area (TPSA) is 74.3 Å². The van der Waals surface area contributed by atoms with Crippen LogP contribution in [0.4, 0.5) is 4.39 Å². The van der Waals surface area contributed by atoms with Gasteiger partial charge in [0, 0.05) is 25.2 Å². The van der Waals surface area contributed by atoms with Crippen molar-refractivity contribution >= 4 is 10.0 Å². The summed E-state index contributed by atoms with van der Waals surface area (Å²) in [4.78, 5) is -0.463. The molecule has 1 aliphatic heterocycles. The fraction of sp³-hybridized carbons (Fsp3) is 0.368. The van der Waals surface area contributed by atoms with Gasteiger partial charge >= 0.3 is 0 Å². The van der Waals surface area contributed by atoms with E-state index in [4.69, 9.17) is 18.9 Å². The Bertz CT molecular complexity index is 906. The van der Waals surface area contributed by atoms with E-state index < -0.39 is 26.8 Å². The molecule has 0 bridgehead atoms. The Hall–Kier alpha value is -2.36. The molecule has 1 saturated heterocycles. The molecule has 1 aliphatic rings. The number of sulfonamides is 1. The van der Waals surface area contributed by atoms with Gasteiger partial charge in [-0.05, 0) is 12.1 Å². The second-order valence-electron chi connectivity index (χ2n) is 6.12. The number of rotatable bonds is 7. The lowest BCUT2D eigenvalue weighted by atomic mass is 10.3. The number of ether oxygens (including phenoxy) is 4. The quantitative estimate of drug-likeness (QED) is 0.696. The Balaban J connectivity index is 1.76. The molecule has 2 aromatic carbocycles. The highest BCUT2D eigenvalue weighted by Crippen LogP contribution is 2.33. The van der Waals surface area contributed by atoms with Crippen LogP contribution in [0.3, 0.4) is 0 Å². The summed E-state index contributed by atoms with van der Waals surface area (Å²) in [5, 5.41) is 0. The summed E-state index contributed by atoms with van der Waals surface area (Å²) in [6.07, 6.45) is -0.466. The SMILES string of the molecule is COc1cc(F)c(S(=O)(=O)N2CCOC(COc3ccccc3)C2)cc1OC. The number of para-hydroxylation sites is 1. The lowest BCUT2D eigenvalue weighted by Gasteiger charge is -2.32. The molecule has 0 radical (unpaired) electrons. The van der Waals surface area contributed by atoms with Crippen LogP contribution in [0.1, 0.15) is 0 Å². The molecule has 0 aliphatic carbocycles. The molecular formula is C19H22FNO6S. The van der Waals surface area contributed by atoms with Crippen LogP contribution >= 0.6 is 0 Å². The summed E-state index contributed by atoms with van der Waals surface area (Å²) in [6, 6.07) is 11.3. The van der Waals surface area contributed by atoms with Crippen molar-refractivity contribution in [2.75, 3.05) is 40.5 Å². The van der Waals surface area contributed by atoms with E-state index in [2.05, 4.69) is 0 Å². The first kappa shape index (κ1) is 20.4. The van der Waals surface area contributed by atoms with E-state index in [1.54, 1.807) is 12.1 Å². The highest BCUT2D eigenvalue weighted by atomic mass is 32.2. The average Bonchev–Trinajstić information content (AvgIpc) is 2.72. The Morgan fingerprint density at radius 1 is 1.14 bits per heavy atom. The largest absolute Gasteiger partial charge is 0.493 e. The van der Waals surface area contributed by atoms with Crippen molar-refractivity contribution in [2.45, 2.75) is 11.0 Å². The maximum atomic E-state index is 14.5. The fourth-order valence-corrected chi connectivity index (χ4v) is 4.41. The van der Waals surface area contributed by atoms with Gasteiger partial charge in [-0.1, -0.05) is 18.2 Å². The van der Waals surface area contributed by atoms with E-state index in [0.29, 0.717) is 5.75 Å². The maximum Gasteiger partial charge on any atom is 0.246 e. The molecule has 9 heteroatoms. The number of methoxy groups -OCH3 is 2. The fourth-order valence-electron chi connectivity index (χ4n) is 2.89. The number of hydrogen-bond donors (Lipinski definition) is 0. The van der Waals surface area contributed by atoms with E-state index in [9.17, 15) is 12.8 Å². The van der Waals surface area contributed by atoms with Crippen LogP contribution in [-0.4, -0.2) is 59.3 Å². The first-order chi connectivity index (χ1) is 13.5. The van der Waals surface area contributed by atoms with Crippen molar-refractivity contribution in [3.63, 3.8) is 0 Å². The second-order valence-corrected chi connectivity index (χ2v) is 8.02. The second kappa shape index (κ2) is 8.76. The molecular weight excluding hydrogens is 389 g/mol. The standard InChI is InChI=1S/C19H22FNO6S/c1-24-17-10-16(20)19(11-18(17)25-2)28(22,23)21-8-9-26-15(12-21)13-27-14-6-4-3-5-7-14/h3-7,10-11,15H,8-9,12-13H2,1-2H3. The van der Waals surface area contributed by atoms with Gasteiger partial charge in [0.1, 0.15) is 29.2 Å². The normalized spacial score (nSPS) is 17.9. The monoisotopic (exact) mass is 411 g/mol. The van der Waals surface area contributed by atoms with Gasteiger partial charge < -0.3 is 18.9 Å². The van der Waals surface area contributed by atoms with Crippen molar-refractivity contribution in [1.82, 2.24) is 4.31 Å². The molecule has 1 fully saturated rings. The Morgan fingerprint density at radius 3 is 2.50 bits per heavy atom. The summed E-state index contributed by atoms with van der Waals surface area (Å²) in [5.74, 6) is 0.0213. The number of hydrogen-bond acceptors (Lipinski definition) is 6. The van der Waals surface area contributed by atoms with Gasteiger partial charge in [0.25, 0.3) is 0 Å². The highest BCUT2D eigenvalue weighted by Gasteiger charge is 2.34. The zero-order valence-corrected chi connectivity index (χ0v) is 16.4. The summed E-state index contributed by atoms with van der Waals surface area (Å²) >= 11 is 0. The summed E-state index contributed by atoms with van der Waals surface area (Å²) in [5.41, 5.74) is 0. The van der Waals surface area contributed by atoms with Gasteiger partial charge in [0.15, 0.2) is 11.5 Å². The lowest BCUT2D eigenvalue weighted by molar-refractivity contribution is -0.0249. The van der Waals surface area contributed by atoms with Gasteiger partial charge in [-0.15, -0.1) is 0 Å². The first-order valence-corrected chi connectivity index (χ1v) is 10.1. The summed E-state index contributed by atoms with van der Waals surface area (Å²) in [6.45, 7) is 0.558. The van der Waals surface area contributed by atoms with Gasteiger partial charge in [-0.25, -0.2) is 12.8 Å². The number of halogens is 1. The maximum absolute atomic E-state index is 14.5. The minimum atomic E-state index is -4.08. The molecule has 0 aromatic heterocycles. The summed E-state index contributed by atoms with van der Waals surface area (Å²) in [7, 11) is -1.37. The number of morpholine rings is 1. The third-order valence-electron chi connectivity index (χ3n) is 4.34. The molecule has 2 aromatic rings. The van der Waals surface area contributed by atoms with Gasteiger partial charge in [0.2, 0.25) is 10.0 Å². The van der Waals surface area contributed by atoms with Crippen molar-refractivity contribution in [3.05, 3.63) is 48.3 Å². The van der Waals surface area contributed by atoms with E-state index >= 15 is 0 Å². The van der Waals surface area contributed by atoms with Crippen molar-refractivity contribution < 1.29 is 31.8 Å². The molecule has 7 nitrogen and oxygen atoms in total. The number of benzene rings is 2. The van der Waals surface area contributed by atoms with Crippen LogP contribution in [0.5, 0.6) is 17.2 Å². The van der Waals surface area contributed by atoms with Crippen LogP contribution in [0.2, 0.25) is 0 Å². The van der Waals surface area contributed by atoms with Crippen molar-refractivity contribution in [3.8, 4) is 17.2 Å². The Morgan fingerprint density at radius 2 is 1.82 bits per heavy atom. The van der Waals surface area contributed by atoms with Crippen LogP contribution in [0.15, 0.2) is 47.4 Å². The van der Waals surface area contributed by atoms with Crippen molar-refractivity contribution in [2.24, 2.45) is 0 Å². The predicted molar refractivity (Wildman–Crippen MR) is 99.9 cm³/mol. The molecule has 0 N–H and O–H groups in total. The van der Waals surface area contributed by atoms with E-state index in [0.717, 1.165) is 12.1 Å². The lowest BCUT2D eigenvalue weighted by Crippen LogP contribution is -2.47. The Kier molecular flexibility index (Phi) is 6.38. The smallest absolute Gasteiger partial charge is 0.246 e. The molecule has 28 heavy (non-hydrogen) atoms. The third kappa shape index (κ3) is 4.37. The minimum absolute atomic E-state index is 0.0585. The average molecular weight is 411 g/mol. The molecule has 0 amide bonds. The highest BCUT2D eigenvalue weighted by molar-refractivity contribution is 7.89. The molecule has 1 atom stereocenters. The molecule has 1 heterocycles. The van der Waals surface area contributed by atoms with Gasteiger partial charge in [0.05, 0.1) is 20.8 Å². The van der Waals surface area contributed by atoms with E-state index in [1.165, 1.54) is 18.5 Å². The Labute approximate surface area is 163 Å². The zero-order chi connectivity index (χ0) is 20.1. The minimum Gasteiger partial charge on any atom is -0.493 e. The molecule has 0 spiro atoms. The molecule has 1 unspecified atom stereocenters. The third-order valence-corrected chi connectivity index (χ3v) is 6.22. The summed E-state index contributed by atoms with van der Waals surface area (Å²) < 4.78 is 63.0. The van der Waals surface area contributed by atoms with E-state index in [-0.39, 0.29) is 37.8 Å². The molecule has 3 rings (SSSR count). The predicted octanol–water partition coefficient (Wildman–Crippen LogP) is 2.31. The van der Waals surface area contributed by atoms with E-state index in [1.807, 2.05) is 18.2 Å². The van der Waals surface area contributed by atoms with Crippen LogP contribution in [0, 0.1) is 5.82 Å².